The molecule has 9 nitrogen and oxygen atoms in total. The summed E-state index contributed by atoms with van der Waals surface area (Å²) >= 11 is 0. The maximum absolute atomic E-state index is 12.7. The molecule has 0 radical (unpaired) electrons. The minimum absolute atomic E-state index is 0.126. The van der Waals surface area contributed by atoms with Crippen molar-refractivity contribution in [3.8, 4) is 5.75 Å². The first-order valence-corrected chi connectivity index (χ1v) is 13.1. The number of piperidine rings is 1. The van der Waals surface area contributed by atoms with Crippen molar-refractivity contribution in [1.82, 2.24) is 14.3 Å². The van der Waals surface area contributed by atoms with E-state index in [0.717, 1.165) is 19.3 Å². The number of carbonyl (C=O) groups excluding carboxylic acids is 1. The van der Waals surface area contributed by atoms with Crippen molar-refractivity contribution in [3.05, 3.63) is 53.6 Å². The predicted octanol–water partition coefficient (Wildman–Crippen LogP) is 1.71. The molecule has 1 heterocycles. The molecular formula is C21H27N3O6S2. The van der Waals surface area contributed by atoms with Gasteiger partial charge in [0, 0.05) is 25.2 Å². The van der Waals surface area contributed by atoms with Gasteiger partial charge in [-0.05, 0) is 55.8 Å². The maximum Gasteiger partial charge on any atom is 0.251 e. The SMILES string of the molecule is CNS(=O)(=O)c1cc(C(=O)NCc2ccc(S(=O)(=O)N3CCCCC3)cc2)ccc1OC. The minimum Gasteiger partial charge on any atom is -0.495 e. The number of hydrogen-bond donors (Lipinski definition) is 2. The van der Waals surface area contributed by atoms with Gasteiger partial charge in [-0.15, -0.1) is 0 Å². The fourth-order valence-electron chi connectivity index (χ4n) is 3.46. The van der Waals surface area contributed by atoms with Gasteiger partial charge in [-0.25, -0.2) is 21.6 Å². The third-order valence-corrected chi connectivity index (χ3v) is 8.66. The highest BCUT2D eigenvalue weighted by Gasteiger charge is 2.25. The lowest BCUT2D eigenvalue weighted by Gasteiger charge is -2.25. The van der Waals surface area contributed by atoms with Crippen molar-refractivity contribution >= 4 is 26.0 Å². The number of methoxy groups -OCH3 is 1. The molecule has 2 aromatic rings. The predicted molar refractivity (Wildman–Crippen MR) is 119 cm³/mol. The van der Waals surface area contributed by atoms with Gasteiger partial charge in [0.05, 0.1) is 12.0 Å². The molecular weight excluding hydrogens is 454 g/mol. The first kappa shape index (κ1) is 24.2. The van der Waals surface area contributed by atoms with E-state index in [1.165, 1.54) is 48.8 Å². The maximum atomic E-state index is 12.7. The third-order valence-electron chi connectivity index (χ3n) is 5.31. The fraction of sp³-hybridized carbons (Fsp3) is 0.381. The van der Waals surface area contributed by atoms with Crippen LogP contribution in [-0.2, 0) is 26.6 Å². The van der Waals surface area contributed by atoms with Gasteiger partial charge in [-0.1, -0.05) is 18.6 Å². The van der Waals surface area contributed by atoms with Crippen LogP contribution in [0.1, 0.15) is 35.2 Å². The molecule has 0 unspecified atom stereocenters. The van der Waals surface area contributed by atoms with Crippen LogP contribution in [-0.4, -0.2) is 54.3 Å². The molecule has 2 aromatic carbocycles. The van der Waals surface area contributed by atoms with Gasteiger partial charge in [0.1, 0.15) is 10.6 Å². The van der Waals surface area contributed by atoms with Gasteiger partial charge >= 0.3 is 0 Å². The highest BCUT2D eigenvalue weighted by molar-refractivity contribution is 7.89. The molecule has 1 aliphatic heterocycles. The van der Waals surface area contributed by atoms with Crippen LogP contribution in [0.15, 0.2) is 52.3 Å². The molecule has 1 amide bonds. The van der Waals surface area contributed by atoms with E-state index in [9.17, 15) is 21.6 Å². The summed E-state index contributed by atoms with van der Waals surface area (Å²) in [5.41, 5.74) is 0.872. The molecule has 0 aliphatic carbocycles. The number of rotatable bonds is 8. The monoisotopic (exact) mass is 481 g/mol. The van der Waals surface area contributed by atoms with E-state index in [2.05, 4.69) is 10.0 Å². The van der Waals surface area contributed by atoms with Gasteiger partial charge in [-0.3, -0.25) is 4.79 Å². The molecule has 1 saturated heterocycles. The highest BCUT2D eigenvalue weighted by Crippen LogP contribution is 2.25. The number of carbonyl (C=O) groups is 1. The Balaban J connectivity index is 1.69. The van der Waals surface area contributed by atoms with E-state index in [-0.39, 0.29) is 27.6 Å². The molecule has 11 heteroatoms. The van der Waals surface area contributed by atoms with Crippen LogP contribution < -0.4 is 14.8 Å². The summed E-state index contributed by atoms with van der Waals surface area (Å²) in [5, 5.41) is 2.72. The second-order valence-corrected chi connectivity index (χ2v) is 11.2. The smallest absolute Gasteiger partial charge is 0.251 e. The largest absolute Gasteiger partial charge is 0.495 e. The number of sulfonamides is 2. The summed E-state index contributed by atoms with van der Waals surface area (Å²) in [7, 11) is -4.70. The Labute approximate surface area is 188 Å². The summed E-state index contributed by atoms with van der Waals surface area (Å²) < 4.78 is 58.6. The molecule has 2 N–H and O–H groups in total. The van der Waals surface area contributed by atoms with Crippen LogP contribution in [0.25, 0.3) is 0 Å². The highest BCUT2D eigenvalue weighted by atomic mass is 32.2. The summed E-state index contributed by atoms with van der Waals surface area (Å²) in [6.45, 7) is 1.23. The van der Waals surface area contributed by atoms with E-state index >= 15 is 0 Å². The van der Waals surface area contributed by atoms with Crippen molar-refractivity contribution in [1.29, 1.82) is 0 Å². The lowest BCUT2D eigenvalue weighted by atomic mass is 10.2. The zero-order chi connectivity index (χ0) is 23.4. The van der Waals surface area contributed by atoms with Crippen LogP contribution >= 0.6 is 0 Å². The molecule has 1 aliphatic rings. The van der Waals surface area contributed by atoms with Crippen molar-refractivity contribution in [2.75, 3.05) is 27.2 Å². The van der Waals surface area contributed by atoms with Crippen LogP contribution in [0.3, 0.4) is 0 Å². The summed E-state index contributed by atoms with van der Waals surface area (Å²) in [5.74, 6) is -0.341. The van der Waals surface area contributed by atoms with Crippen LogP contribution in [0, 0.1) is 0 Å². The minimum atomic E-state index is -3.81. The number of benzene rings is 2. The number of hydrogen-bond acceptors (Lipinski definition) is 6. The Morgan fingerprint density at radius 2 is 1.66 bits per heavy atom. The molecule has 0 spiro atoms. The molecule has 32 heavy (non-hydrogen) atoms. The molecule has 0 aromatic heterocycles. The zero-order valence-electron chi connectivity index (χ0n) is 18.0. The van der Waals surface area contributed by atoms with Crippen molar-refractivity contribution in [3.63, 3.8) is 0 Å². The van der Waals surface area contributed by atoms with Crippen LogP contribution in [0.5, 0.6) is 5.75 Å². The molecule has 0 saturated carbocycles. The molecule has 174 valence electrons. The molecule has 0 atom stereocenters. The van der Waals surface area contributed by atoms with Crippen molar-refractivity contribution < 1.29 is 26.4 Å². The topological polar surface area (TPSA) is 122 Å². The first-order valence-electron chi connectivity index (χ1n) is 10.2. The average Bonchev–Trinajstić information content (AvgIpc) is 2.82. The second kappa shape index (κ2) is 9.99. The first-order chi connectivity index (χ1) is 15.2. The Bertz CT molecular complexity index is 1170. The summed E-state index contributed by atoms with van der Waals surface area (Å²) in [4.78, 5) is 12.6. The number of nitrogens with one attached hydrogen (secondary N) is 2. The van der Waals surface area contributed by atoms with Gasteiger partial charge in [0.25, 0.3) is 5.91 Å². The number of ether oxygens (including phenoxy) is 1. The lowest BCUT2D eigenvalue weighted by molar-refractivity contribution is 0.0950. The third kappa shape index (κ3) is 5.29. The number of amides is 1. The van der Waals surface area contributed by atoms with Gasteiger partial charge in [0.15, 0.2) is 0 Å². The normalized spacial score (nSPS) is 15.3. The van der Waals surface area contributed by atoms with Crippen molar-refractivity contribution in [2.24, 2.45) is 0 Å². The molecule has 3 rings (SSSR count). The zero-order valence-corrected chi connectivity index (χ0v) is 19.6. The van der Waals surface area contributed by atoms with Gasteiger partial charge in [-0.2, -0.15) is 4.31 Å². The van der Waals surface area contributed by atoms with E-state index in [0.29, 0.717) is 18.7 Å². The molecule has 1 fully saturated rings. The quantitative estimate of drug-likeness (QED) is 0.592. The van der Waals surface area contributed by atoms with E-state index in [1.807, 2.05) is 0 Å². The Kier molecular flexibility index (Phi) is 7.55. The lowest BCUT2D eigenvalue weighted by Crippen LogP contribution is -2.35. The van der Waals surface area contributed by atoms with E-state index < -0.39 is 26.0 Å². The van der Waals surface area contributed by atoms with Crippen molar-refractivity contribution in [2.45, 2.75) is 35.6 Å². The Hall–Kier alpha value is -2.47. The fourth-order valence-corrected chi connectivity index (χ4v) is 5.89. The average molecular weight is 482 g/mol. The van der Waals surface area contributed by atoms with Crippen LogP contribution in [0.4, 0.5) is 0 Å². The Morgan fingerprint density at radius 3 is 2.25 bits per heavy atom. The van der Waals surface area contributed by atoms with E-state index in [1.54, 1.807) is 12.1 Å². The summed E-state index contributed by atoms with van der Waals surface area (Å²) in [6, 6.07) is 10.5. The van der Waals surface area contributed by atoms with Gasteiger partial charge < -0.3 is 10.1 Å². The summed E-state index contributed by atoms with van der Waals surface area (Å²) in [6.07, 6.45) is 2.78. The number of nitrogens with zero attached hydrogens (tertiary/aromatic N) is 1. The molecule has 0 bridgehead atoms. The Morgan fingerprint density at radius 1 is 1.00 bits per heavy atom. The van der Waals surface area contributed by atoms with E-state index in [4.69, 9.17) is 4.74 Å². The van der Waals surface area contributed by atoms with Crippen LogP contribution in [0.2, 0.25) is 0 Å². The second-order valence-electron chi connectivity index (χ2n) is 7.36. The van der Waals surface area contributed by atoms with Gasteiger partial charge in [0.2, 0.25) is 20.0 Å². The standard InChI is InChI=1S/C21H27N3O6S2/c1-22-31(26,27)20-14-17(8-11-19(20)30-2)21(25)23-15-16-6-9-18(10-7-16)32(28,29)24-12-4-3-5-13-24/h6-11,14,22H,3-5,12-13,15H2,1-2H3,(H,23,25).